The van der Waals surface area contributed by atoms with Crippen LogP contribution in [0.4, 0.5) is 0 Å². The van der Waals surface area contributed by atoms with E-state index in [1.54, 1.807) is 26.4 Å². The molecule has 0 spiro atoms. The highest BCUT2D eigenvalue weighted by Gasteiger charge is 2.10. The highest BCUT2D eigenvalue weighted by atomic mass is 16.5. The number of aryl methyl sites for hydroxylation is 1. The lowest BCUT2D eigenvalue weighted by Crippen LogP contribution is -1.96. The monoisotopic (exact) mass is 314 g/mol. The summed E-state index contributed by atoms with van der Waals surface area (Å²) in [5.41, 5.74) is 2.98. The van der Waals surface area contributed by atoms with Gasteiger partial charge in [-0.15, -0.1) is 0 Å². The Bertz CT molecular complexity index is 680. The van der Waals surface area contributed by atoms with Crippen molar-refractivity contribution in [1.29, 1.82) is 0 Å². The molecule has 0 aliphatic heterocycles. The zero-order chi connectivity index (χ0) is 16.8. The van der Waals surface area contributed by atoms with Gasteiger partial charge in [0.25, 0.3) is 0 Å². The van der Waals surface area contributed by atoms with E-state index in [2.05, 4.69) is 13.0 Å². The van der Waals surface area contributed by atoms with Gasteiger partial charge in [-0.25, -0.2) is 0 Å². The summed E-state index contributed by atoms with van der Waals surface area (Å²) < 4.78 is 15.9. The molecule has 0 heterocycles. The number of aromatic hydroxyl groups is 1. The van der Waals surface area contributed by atoms with Gasteiger partial charge in [0.2, 0.25) is 0 Å². The second kappa shape index (κ2) is 7.58. The normalized spacial score (nSPS) is 10.8. The van der Waals surface area contributed by atoms with Crippen LogP contribution in [-0.4, -0.2) is 26.4 Å². The molecule has 2 rings (SSSR count). The fourth-order valence-corrected chi connectivity index (χ4v) is 2.43. The van der Waals surface area contributed by atoms with Gasteiger partial charge in [-0.2, -0.15) is 0 Å². The van der Waals surface area contributed by atoms with Gasteiger partial charge >= 0.3 is 0 Å². The van der Waals surface area contributed by atoms with Crippen molar-refractivity contribution in [1.82, 2.24) is 0 Å². The Kier molecular flexibility index (Phi) is 5.52. The first-order valence-electron chi connectivity index (χ1n) is 7.42. The fourth-order valence-electron chi connectivity index (χ4n) is 2.43. The van der Waals surface area contributed by atoms with Gasteiger partial charge in [0.05, 0.1) is 21.3 Å². The van der Waals surface area contributed by atoms with Crippen LogP contribution in [0.3, 0.4) is 0 Å². The van der Waals surface area contributed by atoms with Gasteiger partial charge < -0.3 is 19.3 Å². The Morgan fingerprint density at radius 1 is 0.870 bits per heavy atom. The summed E-state index contributed by atoms with van der Waals surface area (Å²) in [6, 6.07) is 9.29. The number of ether oxygens (including phenoxy) is 3. The molecule has 0 aromatic heterocycles. The van der Waals surface area contributed by atoms with E-state index in [-0.39, 0.29) is 5.75 Å². The third-order valence-electron chi connectivity index (χ3n) is 3.63. The summed E-state index contributed by atoms with van der Waals surface area (Å²) in [7, 11) is 4.80. The smallest absolute Gasteiger partial charge is 0.163 e. The van der Waals surface area contributed by atoms with Crippen LogP contribution in [0.2, 0.25) is 0 Å². The van der Waals surface area contributed by atoms with Crippen LogP contribution in [0.5, 0.6) is 23.0 Å². The topological polar surface area (TPSA) is 47.9 Å². The molecule has 23 heavy (non-hydrogen) atoms. The van der Waals surface area contributed by atoms with Crippen LogP contribution in [-0.2, 0) is 6.42 Å². The number of hydrogen-bond donors (Lipinski definition) is 1. The molecule has 0 aliphatic rings. The number of methoxy groups -OCH3 is 3. The molecule has 1 N–H and O–H groups in total. The molecule has 2 aromatic rings. The summed E-state index contributed by atoms with van der Waals surface area (Å²) in [6.45, 7) is 2.08. The molecule has 0 saturated carbocycles. The molecule has 4 nitrogen and oxygen atoms in total. The lowest BCUT2D eigenvalue weighted by atomic mass is 10.0. The zero-order valence-electron chi connectivity index (χ0n) is 13.9. The molecular weight excluding hydrogens is 292 g/mol. The molecule has 0 unspecified atom stereocenters. The number of phenols is 1. The molecule has 0 amide bonds. The zero-order valence-corrected chi connectivity index (χ0v) is 13.9. The van der Waals surface area contributed by atoms with E-state index in [9.17, 15) is 5.11 Å². The van der Waals surface area contributed by atoms with E-state index in [1.807, 2.05) is 24.3 Å². The summed E-state index contributed by atoms with van der Waals surface area (Å²) >= 11 is 0. The summed E-state index contributed by atoms with van der Waals surface area (Å²) in [6.07, 6.45) is 4.76. The Morgan fingerprint density at radius 2 is 1.57 bits per heavy atom. The van der Waals surface area contributed by atoms with Crippen LogP contribution >= 0.6 is 0 Å². The Hall–Kier alpha value is -2.62. The third-order valence-corrected chi connectivity index (χ3v) is 3.63. The first-order chi connectivity index (χ1) is 11.1. The van der Waals surface area contributed by atoms with Gasteiger partial charge in [0.15, 0.2) is 23.0 Å². The van der Waals surface area contributed by atoms with Gasteiger partial charge in [-0.05, 0) is 47.4 Å². The summed E-state index contributed by atoms with van der Waals surface area (Å²) in [4.78, 5) is 0. The third kappa shape index (κ3) is 3.77. The average Bonchev–Trinajstić information content (AvgIpc) is 2.58. The van der Waals surface area contributed by atoms with Crippen molar-refractivity contribution in [2.75, 3.05) is 21.3 Å². The van der Waals surface area contributed by atoms with E-state index in [0.29, 0.717) is 11.5 Å². The molecule has 0 bridgehead atoms. The van der Waals surface area contributed by atoms with Crippen molar-refractivity contribution >= 4 is 12.2 Å². The van der Waals surface area contributed by atoms with Crippen molar-refractivity contribution in [2.45, 2.75) is 13.3 Å². The molecule has 4 heteroatoms. The highest BCUT2D eigenvalue weighted by molar-refractivity contribution is 5.72. The lowest BCUT2D eigenvalue weighted by Gasteiger charge is -2.13. The first-order valence-corrected chi connectivity index (χ1v) is 7.42. The van der Waals surface area contributed by atoms with E-state index in [1.165, 1.54) is 7.11 Å². The van der Waals surface area contributed by atoms with E-state index >= 15 is 0 Å². The standard InChI is InChI=1S/C19H22O4/c1-5-15-10-14(12-18(22-3)19(15)23-4)7-6-13-8-9-17(21-2)16(20)11-13/h6-12,20H,5H2,1-4H3/b7-6-. The SMILES string of the molecule is CCc1cc(/C=C\c2ccc(OC)c(O)c2)cc(OC)c1OC. The molecule has 0 atom stereocenters. The van der Waals surface area contributed by atoms with Crippen LogP contribution in [0.15, 0.2) is 30.3 Å². The van der Waals surface area contributed by atoms with E-state index < -0.39 is 0 Å². The Morgan fingerprint density at radius 3 is 2.13 bits per heavy atom. The number of phenolic OH excluding ortho intramolecular Hbond substituents is 1. The maximum atomic E-state index is 9.83. The molecule has 0 radical (unpaired) electrons. The molecular formula is C19H22O4. The van der Waals surface area contributed by atoms with Crippen LogP contribution in [0.25, 0.3) is 12.2 Å². The first kappa shape index (κ1) is 16.7. The second-order valence-corrected chi connectivity index (χ2v) is 5.03. The minimum absolute atomic E-state index is 0.121. The quantitative estimate of drug-likeness (QED) is 0.814. The molecule has 0 fully saturated rings. The van der Waals surface area contributed by atoms with Gasteiger partial charge in [-0.1, -0.05) is 25.1 Å². The van der Waals surface area contributed by atoms with Crippen molar-refractivity contribution in [3.8, 4) is 23.0 Å². The molecule has 0 saturated heterocycles. The van der Waals surface area contributed by atoms with E-state index in [0.717, 1.165) is 28.9 Å². The van der Waals surface area contributed by atoms with E-state index in [4.69, 9.17) is 14.2 Å². The van der Waals surface area contributed by atoms with Crippen molar-refractivity contribution in [3.63, 3.8) is 0 Å². The van der Waals surface area contributed by atoms with Crippen molar-refractivity contribution in [3.05, 3.63) is 47.0 Å². The van der Waals surface area contributed by atoms with Gasteiger partial charge in [-0.3, -0.25) is 0 Å². The minimum atomic E-state index is 0.121. The molecule has 0 aliphatic carbocycles. The number of rotatable bonds is 6. The predicted octanol–water partition coefficient (Wildman–Crippen LogP) is 4.15. The van der Waals surface area contributed by atoms with Crippen molar-refractivity contribution in [2.24, 2.45) is 0 Å². The van der Waals surface area contributed by atoms with Crippen LogP contribution in [0, 0.1) is 0 Å². The Labute approximate surface area is 136 Å². The van der Waals surface area contributed by atoms with Gasteiger partial charge in [0, 0.05) is 0 Å². The van der Waals surface area contributed by atoms with Crippen LogP contribution < -0.4 is 14.2 Å². The summed E-state index contributed by atoms with van der Waals surface area (Å²) in [5, 5.41) is 9.83. The highest BCUT2D eigenvalue weighted by Crippen LogP contribution is 2.34. The average molecular weight is 314 g/mol. The molecule has 2 aromatic carbocycles. The maximum absolute atomic E-state index is 9.83. The minimum Gasteiger partial charge on any atom is -0.504 e. The second-order valence-electron chi connectivity index (χ2n) is 5.03. The number of benzene rings is 2. The predicted molar refractivity (Wildman–Crippen MR) is 92.5 cm³/mol. The number of hydrogen-bond acceptors (Lipinski definition) is 4. The summed E-state index contributed by atoms with van der Waals surface area (Å²) in [5.74, 6) is 2.07. The Balaban J connectivity index is 2.34. The van der Waals surface area contributed by atoms with Crippen molar-refractivity contribution < 1.29 is 19.3 Å². The van der Waals surface area contributed by atoms with Gasteiger partial charge in [0.1, 0.15) is 0 Å². The van der Waals surface area contributed by atoms with Crippen LogP contribution in [0.1, 0.15) is 23.6 Å². The lowest BCUT2D eigenvalue weighted by molar-refractivity contribution is 0.352. The fraction of sp³-hybridized carbons (Fsp3) is 0.263. The largest absolute Gasteiger partial charge is 0.504 e. The molecule has 122 valence electrons. The maximum Gasteiger partial charge on any atom is 0.163 e.